The maximum absolute atomic E-state index is 13.0. The van der Waals surface area contributed by atoms with Crippen molar-refractivity contribution in [1.29, 1.82) is 0 Å². The molecule has 2 heterocycles. The Morgan fingerprint density at radius 2 is 1.88 bits per heavy atom. The van der Waals surface area contributed by atoms with Gasteiger partial charge in [0, 0.05) is 17.9 Å². The van der Waals surface area contributed by atoms with E-state index in [4.69, 9.17) is 4.52 Å². The Bertz CT molecular complexity index is 459. The fourth-order valence-electron chi connectivity index (χ4n) is 2.19. The molecule has 1 fully saturated rings. The highest BCUT2D eigenvalue weighted by Crippen LogP contribution is 2.59. The van der Waals surface area contributed by atoms with Crippen LogP contribution < -0.4 is 10.6 Å². The Kier molecular flexibility index (Phi) is 2.89. The summed E-state index contributed by atoms with van der Waals surface area (Å²) in [4.78, 5) is 7.83. The fourth-order valence-corrected chi connectivity index (χ4v) is 4.70. The van der Waals surface area contributed by atoms with Crippen LogP contribution in [0.2, 0.25) is 0 Å². The van der Waals surface area contributed by atoms with Crippen LogP contribution in [0.5, 0.6) is 0 Å². The number of aromatic nitrogens is 2. The summed E-state index contributed by atoms with van der Waals surface area (Å²) in [6, 6.07) is 0. The summed E-state index contributed by atoms with van der Waals surface area (Å²) in [5.41, 5.74) is -0.187. The van der Waals surface area contributed by atoms with Gasteiger partial charge in [0.05, 0.1) is 17.2 Å². The first-order chi connectivity index (χ1) is 7.77. The van der Waals surface area contributed by atoms with Crippen LogP contribution in [0.15, 0.2) is 18.7 Å². The monoisotopic (exact) mass is 255 g/mol. The van der Waals surface area contributed by atoms with Crippen molar-refractivity contribution in [2.75, 3.05) is 6.61 Å². The zero-order chi connectivity index (χ0) is 12.7. The lowest BCUT2D eigenvalue weighted by Gasteiger charge is -2.46. The van der Waals surface area contributed by atoms with Crippen LogP contribution in [0.25, 0.3) is 0 Å². The average molecular weight is 255 g/mol. The maximum atomic E-state index is 13.0. The van der Waals surface area contributed by atoms with E-state index in [0.717, 1.165) is 0 Å². The Labute approximate surface area is 101 Å². The number of nitrogens with zero attached hydrogens (tertiary/aromatic N) is 2. The van der Waals surface area contributed by atoms with Gasteiger partial charge < -0.3 is 4.52 Å². The molecule has 17 heavy (non-hydrogen) atoms. The van der Waals surface area contributed by atoms with Crippen molar-refractivity contribution in [2.24, 2.45) is 0 Å². The first-order valence-corrected chi connectivity index (χ1v) is 7.19. The smallest absolute Gasteiger partial charge is 0.254 e. The van der Waals surface area contributed by atoms with Crippen molar-refractivity contribution in [3.63, 3.8) is 0 Å². The predicted molar refractivity (Wildman–Crippen MR) is 66.5 cm³/mol. The molecule has 2 rings (SSSR count). The number of hydrogen-bond donors (Lipinski definition) is 1. The van der Waals surface area contributed by atoms with E-state index >= 15 is 0 Å². The van der Waals surface area contributed by atoms with Gasteiger partial charge in [-0.3, -0.25) is 9.88 Å². The molecule has 0 saturated carbocycles. The van der Waals surface area contributed by atoms with Gasteiger partial charge in [-0.1, -0.05) is 0 Å². The minimum atomic E-state index is -2.98. The van der Waals surface area contributed by atoms with Gasteiger partial charge in [0.25, 0.3) is 7.37 Å². The summed E-state index contributed by atoms with van der Waals surface area (Å²) in [6.07, 6.45) is 4.55. The molecule has 1 saturated heterocycles. The second kappa shape index (κ2) is 3.87. The van der Waals surface area contributed by atoms with Gasteiger partial charge in [0.2, 0.25) is 0 Å². The molecule has 1 aromatic heterocycles. The SMILES string of the molecule is CC1(C)COP(=O)(c2cncnc2)C(C)(C)N1. The number of rotatable bonds is 1. The lowest BCUT2D eigenvalue weighted by Crippen LogP contribution is -2.59. The molecule has 1 aliphatic rings. The van der Waals surface area contributed by atoms with Crippen LogP contribution in [0.1, 0.15) is 27.7 Å². The molecule has 5 nitrogen and oxygen atoms in total. The number of hydrogen-bond acceptors (Lipinski definition) is 5. The summed E-state index contributed by atoms with van der Waals surface area (Å²) in [5, 5.41) is 3.31. The van der Waals surface area contributed by atoms with Crippen LogP contribution in [0.3, 0.4) is 0 Å². The molecular formula is C11H18N3O2P. The van der Waals surface area contributed by atoms with E-state index in [1.54, 1.807) is 12.4 Å². The average Bonchev–Trinajstić information content (AvgIpc) is 2.24. The van der Waals surface area contributed by atoms with E-state index in [0.29, 0.717) is 11.9 Å². The van der Waals surface area contributed by atoms with Crippen molar-refractivity contribution >= 4 is 12.7 Å². The molecular weight excluding hydrogens is 237 g/mol. The Balaban J connectivity index is 2.43. The third-order valence-electron chi connectivity index (χ3n) is 2.87. The standard InChI is InChI=1S/C11H18N3O2P/c1-10(2)7-16-17(15,11(3,4)14-10)9-5-12-8-13-6-9/h5-6,8,14H,7H2,1-4H3. The lowest BCUT2D eigenvalue weighted by atomic mass is 10.1. The Morgan fingerprint density at radius 3 is 2.41 bits per heavy atom. The molecule has 0 spiro atoms. The highest BCUT2D eigenvalue weighted by atomic mass is 31.2. The van der Waals surface area contributed by atoms with Gasteiger partial charge in [0.15, 0.2) is 0 Å². The summed E-state index contributed by atoms with van der Waals surface area (Å²) in [6.45, 7) is 8.24. The van der Waals surface area contributed by atoms with E-state index < -0.39 is 12.6 Å². The van der Waals surface area contributed by atoms with Crippen LogP contribution in [0, 0.1) is 0 Å². The molecule has 0 aromatic carbocycles. The first kappa shape index (κ1) is 12.7. The summed E-state index contributed by atoms with van der Waals surface area (Å²) in [5.74, 6) is 0. The quantitative estimate of drug-likeness (QED) is 0.771. The normalized spacial score (nSPS) is 31.1. The number of nitrogens with one attached hydrogen (secondary N) is 1. The zero-order valence-electron chi connectivity index (χ0n) is 10.6. The van der Waals surface area contributed by atoms with Gasteiger partial charge >= 0.3 is 0 Å². The van der Waals surface area contributed by atoms with E-state index in [1.807, 2.05) is 27.7 Å². The van der Waals surface area contributed by atoms with Crippen LogP contribution >= 0.6 is 7.37 Å². The van der Waals surface area contributed by atoms with Crippen LogP contribution in [-0.2, 0) is 9.09 Å². The van der Waals surface area contributed by atoms with Crippen molar-refractivity contribution in [1.82, 2.24) is 15.3 Å². The van der Waals surface area contributed by atoms with Crippen LogP contribution in [0.4, 0.5) is 0 Å². The predicted octanol–water partition coefficient (Wildman–Crippen LogP) is 1.51. The molecule has 94 valence electrons. The van der Waals surface area contributed by atoms with E-state index in [2.05, 4.69) is 15.3 Å². The minimum Gasteiger partial charge on any atom is -0.322 e. The molecule has 1 aliphatic heterocycles. The third-order valence-corrected chi connectivity index (χ3v) is 5.86. The van der Waals surface area contributed by atoms with Gasteiger partial charge in [-0.05, 0) is 27.7 Å². The minimum absolute atomic E-state index is 0.187. The molecule has 0 amide bonds. The molecule has 1 unspecified atom stereocenters. The van der Waals surface area contributed by atoms with Crippen LogP contribution in [-0.4, -0.2) is 27.4 Å². The van der Waals surface area contributed by atoms with E-state index in [-0.39, 0.29) is 5.54 Å². The molecule has 0 aliphatic carbocycles. The Hall–Kier alpha value is -0.770. The second-order valence-electron chi connectivity index (χ2n) is 5.49. The van der Waals surface area contributed by atoms with Crippen molar-refractivity contribution in [3.05, 3.63) is 18.7 Å². The fraction of sp³-hybridized carbons (Fsp3) is 0.636. The van der Waals surface area contributed by atoms with E-state index in [1.165, 1.54) is 6.33 Å². The molecule has 1 N–H and O–H groups in total. The van der Waals surface area contributed by atoms with E-state index in [9.17, 15) is 4.57 Å². The summed E-state index contributed by atoms with van der Waals surface area (Å²) >= 11 is 0. The van der Waals surface area contributed by atoms with Gasteiger partial charge in [0.1, 0.15) is 6.33 Å². The largest absolute Gasteiger partial charge is 0.322 e. The van der Waals surface area contributed by atoms with Crippen molar-refractivity contribution in [3.8, 4) is 0 Å². The topological polar surface area (TPSA) is 64.1 Å². The van der Waals surface area contributed by atoms with Crippen molar-refractivity contribution < 1.29 is 9.09 Å². The second-order valence-corrected chi connectivity index (χ2v) is 8.49. The highest BCUT2D eigenvalue weighted by Gasteiger charge is 2.50. The maximum Gasteiger partial charge on any atom is 0.254 e. The van der Waals surface area contributed by atoms with Gasteiger partial charge in [-0.25, -0.2) is 9.97 Å². The van der Waals surface area contributed by atoms with Crippen molar-refractivity contribution in [2.45, 2.75) is 38.5 Å². The molecule has 1 atom stereocenters. The first-order valence-electron chi connectivity index (χ1n) is 5.56. The molecule has 0 bridgehead atoms. The molecule has 0 radical (unpaired) electrons. The summed E-state index contributed by atoms with van der Waals surface area (Å²) in [7, 11) is -2.98. The van der Waals surface area contributed by atoms with Gasteiger partial charge in [-0.15, -0.1) is 0 Å². The lowest BCUT2D eigenvalue weighted by molar-refractivity contribution is 0.147. The Morgan fingerprint density at radius 1 is 1.29 bits per heavy atom. The molecule has 1 aromatic rings. The molecule has 6 heteroatoms. The third kappa shape index (κ3) is 2.15. The highest BCUT2D eigenvalue weighted by molar-refractivity contribution is 7.68. The van der Waals surface area contributed by atoms with Gasteiger partial charge in [-0.2, -0.15) is 0 Å². The summed E-state index contributed by atoms with van der Waals surface area (Å²) < 4.78 is 18.7. The zero-order valence-corrected chi connectivity index (χ0v) is 11.5.